The van der Waals surface area contributed by atoms with Crippen LogP contribution >= 0.6 is 11.6 Å². The quantitative estimate of drug-likeness (QED) is 0.454. The highest BCUT2D eigenvalue weighted by atomic mass is 35.5. The van der Waals surface area contributed by atoms with Crippen molar-refractivity contribution in [3.63, 3.8) is 0 Å². The molecule has 1 aliphatic heterocycles. The second-order valence-corrected chi connectivity index (χ2v) is 9.39. The van der Waals surface area contributed by atoms with Crippen LogP contribution in [0.15, 0.2) is 53.7 Å². The molecule has 0 N–H and O–H groups in total. The summed E-state index contributed by atoms with van der Waals surface area (Å²) in [5.41, 5.74) is 1.38. The molecule has 2 aromatic carbocycles. The number of hydrogen-bond acceptors (Lipinski definition) is 5. The molecule has 32 heavy (non-hydrogen) atoms. The van der Waals surface area contributed by atoms with E-state index in [1.807, 2.05) is 26.0 Å². The van der Waals surface area contributed by atoms with Gasteiger partial charge in [0.1, 0.15) is 11.4 Å². The van der Waals surface area contributed by atoms with Gasteiger partial charge in [0, 0.05) is 41.1 Å². The van der Waals surface area contributed by atoms with Crippen molar-refractivity contribution < 1.29 is 19.2 Å². The number of nitro benzene ring substituents is 1. The highest BCUT2D eigenvalue weighted by molar-refractivity contribution is 6.31. The second kappa shape index (κ2) is 8.06. The number of nitrogens with zero attached hydrogens (tertiary/aromatic N) is 2. The first-order valence-corrected chi connectivity index (χ1v) is 10.7. The Morgan fingerprint density at radius 3 is 2.44 bits per heavy atom. The van der Waals surface area contributed by atoms with Crippen LogP contribution in [-0.4, -0.2) is 23.7 Å². The van der Waals surface area contributed by atoms with Gasteiger partial charge in [0.15, 0.2) is 5.78 Å². The molecule has 1 amide bonds. The third-order valence-corrected chi connectivity index (χ3v) is 6.27. The molecule has 7 nitrogen and oxygen atoms in total. The van der Waals surface area contributed by atoms with E-state index < -0.39 is 10.8 Å². The van der Waals surface area contributed by atoms with Crippen molar-refractivity contribution >= 4 is 34.7 Å². The second-order valence-electron chi connectivity index (χ2n) is 8.95. The molecule has 1 aliphatic carbocycles. The van der Waals surface area contributed by atoms with Crippen LogP contribution in [0.3, 0.4) is 0 Å². The summed E-state index contributed by atoms with van der Waals surface area (Å²) in [6, 6.07) is 11.4. The number of hydrogen-bond donors (Lipinski definition) is 0. The zero-order valence-corrected chi connectivity index (χ0v) is 18.8. The molecule has 2 aliphatic rings. The van der Waals surface area contributed by atoms with Gasteiger partial charge >= 0.3 is 0 Å². The Morgan fingerprint density at radius 2 is 1.81 bits per heavy atom. The number of benzene rings is 2. The molecular formula is C24H23ClN2O5. The summed E-state index contributed by atoms with van der Waals surface area (Å²) in [5, 5.41) is 12.0. The fraction of sp³-hybridized carbons (Fsp3) is 0.333. The molecule has 0 saturated carbocycles. The topological polar surface area (TPSA) is 89.8 Å². The van der Waals surface area contributed by atoms with Gasteiger partial charge in [-0.2, -0.15) is 0 Å². The van der Waals surface area contributed by atoms with Crippen molar-refractivity contribution in [1.29, 1.82) is 0 Å². The number of Topliss-reactive ketones (excluding diaryl/α,β-unsaturated/α-hetero) is 1. The molecule has 0 radical (unpaired) electrons. The minimum Gasteiger partial charge on any atom is -0.497 e. The van der Waals surface area contributed by atoms with E-state index in [0.29, 0.717) is 29.9 Å². The molecule has 1 heterocycles. The molecule has 1 unspecified atom stereocenters. The van der Waals surface area contributed by atoms with Gasteiger partial charge in [-0.1, -0.05) is 37.6 Å². The number of carbonyl (C=O) groups is 2. The van der Waals surface area contributed by atoms with Gasteiger partial charge in [-0.25, -0.2) is 0 Å². The number of rotatable bonds is 4. The van der Waals surface area contributed by atoms with Crippen LogP contribution in [0.5, 0.6) is 5.75 Å². The lowest BCUT2D eigenvalue weighted by molar-refractivity contribution is -0.384. The molecule has 0 saturated heterocycles. The molecule has 4 rings (SSSR count). The van der Waals surface area contributed by atoms with Crippen LogP contribution in [0.1, 0.15) is 44.6 Å². The van der Waals surface area contributed by atoms with Crippen molar-refractivity contribution in [2.45, 2.75) is 39.0 Å². The Kier molecular flexibility index (Phi) is 5.54. The number of amides is 1. The maximum absolute atomic E-state index is 13.5. The van der Waals surface area contributed by atoms with Crippen molar-refractivity contribution in [3.8, 4) is 5.75 Å². The monoisotopic (exact) mass is 454 g/mol. The van der Waals surface area contributed by atoms with Crippen LogP contribution in [0, 0.1) is 15.5 Å². The van der Waals surface area contributed by atoms with Gasteiger partial charge in [-0.05, 0) is 41.7 Å². The van der Waals surface area contributed by atoms with Crippen molar-refractivity contribution in [2.75, 3.05) is 12.0 Å². The Morgan fingerprint density at radius 1 is 1.12 bits per heavy atom. The third kappa shape index (κ3) is 3.88. The van der Waals surface area contributed by atoms with E-state index >= 15 is 0 Å². The number of halogens is 1. The molecule has 2 aromatic rings. The maximum Gasteiger partial charge on any atom is 0.293 e. The molecule has 166 valence electrons. The van der Waals surface area contributed by atoms with Gasteiger partial charge in [0.25, 0.3) is 5.69 Å². The van der Waals surface area contributed by atoms with E-state index in [1.165, 1.54) is 23.1 Å². The first kappa shape index (κ1) is 22.0. The smallest absolute Gasteiger partial charge is 0.293 e. The fourth-order valence-electron chi connectivity index (χ4n) is 4.65. The summed E-state index contributed by atoms with van der Waals surface area (Å²) in [7, 11) is 1.57. The third-order valence-electron chi connectivity index (χ3n) is 6.04. The Balaban J connectivity index is 1.93. The van der Waals surface area contributed by atoms with Crippen LogP contribution in [-0.2, 0) is 9.59 Å². The van der Waals surface area contributed by atoms with Gasteiger partial charge < -0.3 is 4.74 Å². The normalized spacial score (nSPS) is 20.2. The van der Waals surface area contributed by atoms with Crippen LogP contribution < -0.4 is 9.64 Å². The fourth-order valence-corrected chi connectivity index (χ4v) is 4.81. The minimum absolute atomic E-state index is 0.0288. The molecular weight excluding hydrogens is 432 g/mol. The first-order valence-electron chi connectivity index (χ1n) is 10.3. The summed E-state index contributed by atoms with van der Waals surface area (Å²) in [6.45, 7) is 3.92. The molecule has 0 fully saturated rings. The van der Waals surface area contributed by atoms with E-state index in [-0.39, 0.29) is 39.9 Å². The lowest BCUT2D eigenvalue weighted by Crippen LogP contribution is -2.44. The Hall–Kier alpha value is -3.19. The highest BCUT2D eigenvalue weighted by Gasteiger charge is 2.45. The maximum atomic E-state index is 13.5. The molecule has 0 aromatic heterocycles. The number of ether oxygens (including phenoxy) is 1. The summed E-state index contributed by atoms with van der Waals surface area (Å²) < 4.78 is 5.22. The van der Waals surface area contributed by atoms with Gasteiger partial charge in [-0.15, -0.1) is 0 Å². The zero-order valence-electron chi connectivity index (χ0n) is 18.1. The average molecular weight is 455 g/mol. The van der Waals surface area contributed by atoms with E-state index in [2.05, 4.69) is 0 Å². The number of methoxy groups -OCH3 is 1. The lowest BCUT2D eigenvalue weighted by Gasteiger charge is -2.42. The van der Waals surface area contributed by atoms with E-state index in [4.69, 9.17) is 16.3 Å². The van der Waals surface area contributed by atoms with E-state index in [1.54, 1.807) is 19.2 Å². The molecule has 0 spiro atoms. The summed E-state index contributed by atoms with van der Waals surface area (Å²) in [6.07, 6.45) is 0.815. The average Bonchev–Trinajstić information content (AvgIpc) is 2.72. The summed E-state index contributed by atoms with van der Waals surface area (Å²) in [5.74, 6) is -0.0847. The lowest BCUT2D eigenvalue weighted by atomic mass is 9.69. The standard InChI is InChI=1S/C24H23ClN2O5/c1-24(2)12-20-23(21(28)13-24)17(14-4-7-16(32-3)8-5-14)11-22(29)26(20)19-10-15(25)6-9-18(19)27(30)31/h4-10,17H,11-13H2,1-3H3. The number of carbonyl (C=O) groups excluding carboxylic acids is 2. The van der Waals surface area contributed by atoms with Crippen molar-refractivity contribution in [2.24, 2.45) is 5.41 Å². The zero-order chi connectivity index (χ0) is 23.2. The SMILES string of the molecule is COc1ccc(C2CC(=O)N(c3cc(Cl)ccc3[N+](=O)[O-])C3=C2C(=O)CC(C)(C)C3)cc1. The number of anilines is 1. The van der Waals surface area contributed by atoms with Crippen LogP contribution in [0.4, 0.5) is 11.4 Å². The molecule has 8 heteroatoms. The minimum atomic E-state index is -0.537. The largest absolute Gasteiger partial charge is 0.497 e. The predicted octanol–water partition coefficient (Wildman–Crippen LogP) is 5.42. The summed E-state index contributed by atoms with van der Waals surface area (Å²) >= 11 is 6.15. The van der Waals surface area contributed by atoms with E-state index in [0.717, 1.165) is 5.56 Å². The van der Waals surface area contributed by atoms with Crippen molar-refractivity contribution in [3.05, 3.63) is 74.4 Å². The highest BCUT2D eigenvalue weighted by Crippen LogP contribution is 2.49. The first-order chi connectivity index (χ1) is 15.1. The number of nitro groups is 1. The van der Waals surface area contributed by atoms with Crippen LogP contribution in [0.25, 0.3) is 0 Å². The van der Waals surface area contributed by atoms with E-state index in [9.17, 15) is 19.7 Å². The molecule has 1 atom stereocenters. The van der Waals surface area contributed by atoms with Gasteiger partial charge in [0.05, 0.1) is 12.0 Å². The predicted molar refractivity (Wildman–Crippen MR) is 121 cm³/mol. The van der Waals surface area contributed by atoms with Gasteiger partial charge in [-0.3, -0.25) is 24.6 Å². The number of ketones is 1. The molecule has 0 bridgehead atoms. The van der Waals surface area contributed by atoms with Crippen LogP contribution in [0.2, 0.25) is 5.02 Å². The van der Waals surface area contributed by atoms with Crippen molar-refractivity contribution in [1.82, 2.24) is 0 Å². The Labute approximate surface area is 190 Å². The number of allylic oxidation sites excluding steroid dienone is 2. The Bertz CT molecular complexity index is 1150. The van der Waals surface area contributed by atoms with Gasteiger partial charge in [0.2, 0.25) is 5.91 Å². The summed E-state index contributed by atoms with van der Waals surface area (Å²) in [4.78, 5) is 39.3.